The summed E-state index contributed by atoms with van der Waals surface area (Å²) >= 11 is 0. The number of hydrazine groups is 1. The van der Waals surface area contributed by atoms with Crippen LogP contribution in [-0.2, 0) is 0 Å². The molecule has 0 aromatic heterocycles. The molecule has 82 valence electrons. The smallest absolute Gasteiger partial charge is 0.0278 e. The monoisotopic (exact) mass is 196 g/mol. The second kappa shape index (κ2) is 6.20. The third-order valence-electron chi connectivity index (χ3n) is 3.36. The highest BCUT2D eigenvalue weighted by Gasteiger charge is 2.39. The molecule has 14 heavy (non-hydrogen) atoms. The van der Waals surface area contributed by atoms with Gasteiger partial charge in [-0.15, -0.1) is 6.58 Å². The summed E-state index contributed by atoms with van der Waals surface area (Å²) in [4.78, 5) is 0. The summed E-state index contributed by atoms with van der Waals surface area (Å²) in [6.07, 6.45) is 5.98. The number of hydrogen-bond donors (Lipinski definition) is 2. The van der Waals surface area contributed by atoms with Crippen LogP contribution in [-0.4, -0.2) is 13.1 Å². The van der Waals surface area contributed by atoms with E-state index in [4.69, 9.17) is 0 Å². The van der Waals surface area contributed by atoms with Crippen LogP contribution in [0.15, 0.2) is 12.7 Å². The van der Waals surface area contributed by atoms with Gasteiger partial charge in [0.25, 0.3) is 0 Å². The quantitative estimate of drug-likeness (QED) is 0.354. The van der Waals surface area contributed by atoms with Gasteiger partial charge in [-0.05, 0) is 30.6 Å². The largest absolute Gasteiger partial charge is 0.258 e. The fraction of sp³-hybridized carbons (Fsp3) is 0.833. The maximum Gasteiger partial charge on any atom is 0.0278 e. The topological polar surface area (TPSA) is 24.1 Å². The van der Waals surface area contributed by atoms with E-state index in [2.05, 4.69) is 31.3 Å². The van der Waals surface area contributed by atoms with E-state index in [-0.39, 0.29) is 0 Å². The molecular weight excluding hydrogens is 172 g/mol. The standard InChI is InChI=1S/C12H24N2/c1-4-7-13-14-8-6-11-9-12(11)10(3)5-2/h4,10-14H,1,5-9H2,2-3H3. The van der Waals surface area contributed by atoms with Crippen molar-refractivity contribution in [2.24, 2.45) is 17.8 Å². The summed E-state index contributed by atoms with van der Waals surface area (Å²) in [6.45, 7) is 10.3. The summed E-state index contributed by atoms with van der Waals surface area (Å²) in [5.41, 5.74) is 6.32. The predicted octanol–water partition coefficient (Wildman–Crippen LogP) is 2.34. The van der Waals surface area contributed by atoms with E-state index in [9.17, 15) is 0 Å². The molecule has 1 aliphatic carbocycles. The van der Waals surface area contributed by atoms with Gasteiger partial charge in [0.05, 0.1) is 0 Å². The lowest BCUT2D eigenvalue weighted by Gasteiger charge is -2.07. The zero-order chi connectivity index (χ0) is 10.4. The first kappa shape index (κ1) is 11.7. The Morgan fingerprint density at radius 2 is 2.29 bits per heavy atom. The molecule has 0 radical (unpaired) electrons. The molecule has 1 saturated carbocycles. The van der Waals surface area contributed by atoms with Crippen LogP contribution in [0.4, 0.5) is 0 Å². The first-order valence-corrected chi connectivity index (χ1v) is 5.86. The minimum Gasteiger partial charge on any atom is -0.258 e. The van der Waals surface area contributed by atoms with Crippen molar-refractivity contribution in [1.29, 1.82) is 0 Å². The van der Waals surface area contributed by atoms with Crippen LogP contribution in [0.2, 0.25) is 0 Å². The van der Waals surface area contributed by atoms with Crippen molar-refractivity contribution in [2.45, 2.75) is 33.1 Å². The SMILES string of the molecule is C=CCNNCCC1CC1C(C)CC. The number of nitrogens with one attached hydrogen (secondary N) is 2. The molecule has 1 rings (SSSR count). The molecule has 0 aliphatic heterocycles. The lowest BCUT2D eigenvalue weighted by atomic mass is 10.0. The van der Waals surface area contributed by atoms with Crippen LogP contribution >= 0.6 is 0 Å². The first-order chi connectivity index (χ1) is 6.79. The van der Waals surface area contributed by atoms with E-state index < -0.39 is 0 Å². The number of hydrogen-bond acceptors (Lipinski definition) is 2. The normalized spacial score (nSPS) is 27.3. The van der Waals surface area contributed by atoms with Gasteiger partial charge in [-0.25, -0.2) is 0 Å². The highest BCUT2D eigenvalue weighted by atomic mass is 15.3. The molecule has 1 aliphatic rings. The Labute approximate surface area is 88.1 Å². The highest BCUT2D eigenvalue weighted by Crippen LogP contribution is 2.47. The van der Waals surface area contributed by atoms with Gasteiger partial charge in [0.15, 0.2) is 0 Å². The average molecular weight is 196 g/mol. The van der Waals surface area contributed by atoms with Crippen molar-refractivity contribution < 1.29 is 0 Å². The van der Waals surface area contributed by atoms with Crippen molar-refractivity contribution >= 4 is 0 Å². The van der Waals surface area contributed by atoms with Crippen LogP contribution in [0.3, 0.4) is 0 Å². The van der Waals surface area contributed by atoms with Gasteiger partial charge < -0.3 is 0 Å². The predicted molar refractivity (Wildman–Crippen MR) is 61.9 cm³/mol. The van der Waals surface area contributed by atoms with E-state index in [0.29, 0.717) is 0 Å². The maximum absolute atomic E-state index is 3.65. The Kier molecular flexibility index (Phi) is 5.20. The summed E-state index contributed by atoms with van der Waals surface area (Å²) < 4.78 is 0. The molecule has 2 N–H and O–H groups in total. The molecule has 2 heteroatoms. The van der Waals surface area contributed by atoms with Gasteiger partial charge in [-0.2, -0.15) is 0 Å². The lowest BCUT2D eigenvalue weighted by molar-refractivity contribution is 0.439. The summed E-state index contributed by atoms with van der Waals surface area (Å²) in [7, 11) is 0. The zero-order valence-electron chi connectivity index (χ0n) is 9.55. The molecule has 3 atom stereocenters. The maximum atomic E-state index is 3.65. The fourth-order valence-electron chi connectivity index (χ4n) is 2.09. The van der Waals surface area contributed by atoms with Crippen molar-refractivity contribution in [1.82, 2.24) is 10.9 Å². The molecule has 0 aromatic carbocycles. The molecule has 3 unspecified atom stereocenters. The van der Waals surface area contributed by atoms with Crippen LogP contribution in [0.25, 0.3) is 0 Å². The van der Waals surface area contributed by atoms with Crippen LogP contribution in [0, 0.1) is 17.8 Å². The Bertz CT molecular complexity index is 168. The van der Waals surface area contributed by atoms with E-state index >= 15 is 0 Å². The minimum atomic E-state index is 0.847. The van der Waals surface area contributed by atoms with Gasteiger partial charge in [-0.3, -0.25) is 10.9 Å². The van der Waals surface area contributed by atoms with Crippen LogP contribution < -0.4 is 10.9 Å². The second-order valence-electron chi connectivity index (χ2n) is 4.43. The third-order valence-corrected chi connectivity index (χ3v) is 3.36. The minimum absolute atomic E-state index is 0.847. The van der Waals surface area contributed by atoms with Crippen LogP contribution in [0.1, 0.15) is 33.1 Å². The van der Waals surface area contributed by atoms with Gasteiger partial charge in [-0.1, -0.05) is 26.3 Å². The van der Waals surface area contributed by atoms with Crippen molar-refractivity contribution in [3.05, 3.63) is 12.7 Å². The van der Waals surface area contributed by atoms with Gasteiger partial charge in [0.2, 0.25) is 0 Å². The van der Waals surface area contributed by atoms with Crippen molar-refractivity contribution in [3.63, 3.8) is 0 Å². The van der Waals surface area contributed by atoms with E-state index in [1.54, 1.807) is 0 Å². The van der Waals surface area contributed by atoms with Crippen molar-refractivity contribution in [3.8, 4) is 0 Å². The molecular formula is C12H24N2. The summed E-state index contributed by atoms with van der Waals surface area (Å²) in [5, 5.41) is 0. The van der Waals surface area contributed by atoms with E-state index in [1.807, 2.05) is 6.08 Å². The van der Waals surface area contributed by atoms with Gasteiger partial charge in [0, 0.05) is 13.1 Å². The Balaban J connectivity index is 1.92. The van der Waals surface area contributed by atoms with Crippen LogP contribution in [0.5, 0.6) is 0 Å². The molecule has 0 bridgehead atoms. The zero-order valence-corrected chi connectivity index (χ0v) is 9.55. The fourth-order valence-corrected chi connectivity index (χ4v) is 2.09. The third kappa shape index (κ3) is 3.81. The lowest BCUT2D eigenvalue weighted by Crippen LogP contribution is -2.32. The molecule has 0 saturated heterocycles. The first-order valence-electron chi connectivity index (χ1n) is 5.86. The Hall–Kier alpha value is -0.340. The van der Waals surface area contributed by atoms with Gasteiger partial charge >= 0.3 is 0 Å². The summed E-state index contributed by atoms with van der Waals surface area (Å²) in [6, 6.07) is 0. The van der Waals surface area contributed by atoms with Crippen molar-refractivity contribution in [2.75, 3.05) is 13.1 Å². The Morgan fingerprint density at radius 1 is 1.50 bits per heavy atom. The average Bonchev–Trinajstić information content (AvgIpc) is 2.96. The molecule has 0 amide bonds. The molecule has 2 nitrogen and oxygen atoms in total. The molecule has 0 heterocycles. The van der Waals surface area contributed by atoms with E-state index in [1.165, 1.54) is 19.3 Å². The molecule has 0 aromatic rings. The van der Waals surface area contributed by atoms with E-state index in [0.717, 1.165) is 30.8 Å². The second-order valence-corrected chi connectivity index (χ2v) is 4.43. The molecule has 1 fully saturated rings. The number of rotatable bonds is 8. The molecule has 0 spiro atoms. The highest BCUT2D eigenvalue weighted by molar-refractivity contribution is 4.89. The summed E-state index contributed by atoms with van der Waals surface area (Å²) in [5.74, 6) is 2.94. The Morgan fingerprint density at radius 3 is 2.93 bits per heavy atom. The van der Waals surface area contributed by atoms with Gasteiger partial charge in [0.1, 0.15) is 0 Å².